The van der Waals surface area contributed by atoms with Gasteiger partial charge in [-0.1, -0.05) is 48.2 Å². The fourth-order valence-electron chi connectivity index (χ4n) is 2.82. The third-order valence-corrected chi connectivity index (χ3v) is 5.33. The van der Waals surface area contributed by atoms with Gasteiger partial charge in [-0.3, -0.25) is 14.9 Å². The number of ether oxygens (including phenoxy) is 1. The van der Waals surface area contributed by atoms with Crippen molar-refractivity contribution in [2.45, 2.75) is 39.5 Å². The normalized spacial score (nSPS) is 10.3. The zero-order chi connectivity index (χ0) is 22.8. The van der Waals surface area contributed by atoms with Gasteiger partial charge < -0.3 is 15.0 Å². The van der Waals surface area contributed by atoms with Gasteiger partial charge in [-0.15, -0.1) is 0 Å². The van der Waals surface area contributed by atoms with Crippen molar-refractivity contribution in [1.29, 1.82) is 0 Å². The van der Waals surface area contributed by atoms with Crippen LogP contribution in [0.5, 0.6) is 5.75 Å². The Bertz CT molecular complexity index is 936. The van der Waals surface area contributed by atoms with Crippen LogP contribution in [0.4, 0.5) is 11.4 Å². The molecule has 2 aromatic carbocycles. The van der Waals surface area contributed by atoms with Crippen LogP contribution < -0.4 is 20.3 Å². The maximum Gasteiger partial charge on any atom is 0.261 e. The van der Waals surface area contributed by atoms with Gasteiger partial charge in [-0.25, -0.2) is 0 Å². The summed E-state index contributed by atoms with van der Waals surface area (Å²) in [5.74, 6) is 0.0781. The molecule has 2 aromatic rings. The predicted octanol–water partition coefficient (Wildman–Crippen LogP) is 5.52. The maximum atomic E-state index is 12.8. The molecule has 6 nitrogen and oxygen atoms in total. The average Bonchev–Trinajstić information content (AvgIpc) is 2.73. The molecular formula is C23H28BrN3O3S. The van der Waals surface area contributed by atoms with Crippen LogP contribution in [0.2, 0.25) is 0 Å². The number of nitrogens with zero attached hydrogens (tertiary/aromatic N) is 1. The Morgan fingerprint density at radius 1 is 1.13 bits per heavy atom. The third-order valence-electron chi connectivity index (χ3n) is 4.63. The van der Waals surface area contributed by atoms with E-state index in [1.54, 1.807) is 37.4 Å². The summed E-state index contributed by atoms with van der Waals surface area (Å²) in [7, 11) is 1.69. The standard InChI is InChI=1S/C23H28BrN3O3S/c1-4-5-6-7-13-30-21-12-11-17(24)14-20(21)22(29)26-23(31)25-18-9-8-10-19(15-18)27(3)16(2)28/h8-12,14-15H,4-7,13H2,1-3H3,(H2,25,26,29,31). The molecule has 0 heterocycles. The van der Waals surface area contributed by atoms with Crippen LogP contribution in [0.1, 0.15) is 49.9 Å². The summed E-state index contributed by atoms with van der Waals surface area (Å²) in [6.07, 6.45) is 4.36. The molecule has 0 aliphatic heterocycles. The van der Waals surface area contributed by atoms with Gasteiger partial charge in [-0.2, -0.15) is 0 Å². The second-order valence-electron chi connectivity index (χ2n) is 7.09. The second-order valence-corrected chi connectivity index (χ2v) is 8.41. The SMILES string of the molecule is CCCCCCOc1ccc(Br)cc1C(=O)NC(=S)Nc1cccc(N(C)C(C)=O)c1. The molecule has 0 aliphatic carbocycles. The molecule has 2 amide bonds. The zero-order valence-corrected chi connectivity index (χ0v) is 20.4. The van der Waals surface area contributed by atoms with Gasteiger partial charge in [0.15, 0.2) is 5.11 Å². The summed E-state index contributed by atoms with van der Waals surface area (Å²) in [5, 5.41) is 5.83. The fraction of sp³-hybridized carbons (Fsp3) is 0.348. The van der Waals surface area contributed by atoms with Crippen molar-refractivity contribution in [2.75, 3.05) is 23.9 Å². The minimum atomic E-state index is -0.362. The van der Waals surface area contributed by atoms with Crippen molar-refractivity contribution in [3.05, 3.63) is 52.5 Å². The van der Waals surface area contributed by atoms with Gasteiger partial charge in [-0.05, 0) is 55.0 Å². The van der Waals surface area contributed by atoms with E-state index < -0.39 is 0 Å². The lowest BCUT2D eigenvalue weighted by molar-refractivity contribution is -0.116. The van der Waals surface area contributed by atoms with Gasteiger partial charge in [0.05, 0.1) is 12.2 Å². The van der Waals surface area contributed by atoms with Crippen LogP contribution in [0.3, 0.4) is 0 Å². The molecule has 166 valence electrons. The molecule has 8 heteroatoms. The number of thiocarbonyl (C=S) groups is 1. The van der Waals surface area contributed by atoms with Crippen molar-refractivity contribution < 1.29 is 14.3 Å². The van der Waals surface area contributed by atoms with Gasteiger partial charge in [0.1, 0.15) is 5.75 Å². The molecule has 0 bridgehead atoms. The first-order valence-corrected chi connectivity index (χ1v) is 11.4. The molecule has 0 fully saturated rings. The Morgan fingerprint density at radius 3 is 2.61 bits per heavy atom. The van der Waals surface area contributed by atoms with Crippen molar-refractivity contribution in [3.63, 3.8) is 0 Å². The average molecular weight is 506 g/mol. The molecule has 0 saturated carbocycles. The molecule has 0 spiro atoms. The molecular weight excluding hydrogens is 478 g/mol. The number of unbranched alkanes of at least 4 members (excludes halogenated alkanes) is 3. The number of hydrogen-bond donors (Lipinski definition) is 2. The highest BCUT2D eigenvalue weighted by Crippen LogP contribution is 2.24. The lowest BCUT2D eigenvalue weighted by atomic mass is 10.2. The highest BCUT2D eigenvalue weighted by Gasteiger charge is 2.15. The largest absolute Gasteiger partial charge is 0.493 e. The first kappa shape index (κ1) is 24.8. The van der Waals surface area contributed by atoms with E-state index in [2.05, 4.69) is 33.5 Å². The topological polar surface area (TPSA) is 70.7 Å². The van der Waals surface area contributed by atoms with E-state index in [0.717, 1.165) is 29.4 Å². The van der Waals surface area contributed by atoms with E-state index in [9.17, 15) is 9.59 Å². The smallest absolute Gasteiger partial charge is 0.261 e. The Kier molecular flexibility index (Phi) is 9.94. The van der Waals surface area contributed by atoms with Gasteiger partial charge in [0, 0.05) is 29.8 Å². The molecule has 0 atom stereocenters. The number of hydrogen-bond acceptors (Lipinski definition) is 4. The van der Waals surface area contributed by atoms with Crippen LogP contribution in [0, 0.1) is 0 Å². The summed E-state index contributed by atoms with van der Waals surface area (Å²) in [6.45, 7) is 4.21. The van der Waals surface area contributed by atoms with Crippen LogP contribution in [-0.4, -0.2) is 30.6 Å². The number of benzene rings is 2. The Labute approximate surface area is 197 Å². The quantitative estimate of drug-likeness (QED) is 0.346. The third kappa shape index (κ3) is 7.95. The van der Waals surface area contributed by atoms with Crippen LogP contribution >= 0.6 is 28.1 Å². The number of carbonyl (C=O) groups is 2. The summed E-state index contributed by atoms with van der Waals surface area (Å²) in [6, 6.07) is 12.5. The molecule has 2 rings (SSSR count). The zero-order valence-electron chi connectivity index (χ0n) is 18.0. The van der Waals surface area contributed by atoms with E-state index in [1.807, 2.05) is 12.1 Å². The van der Waals surface area contributed by atoms with Crippen LogP contribution in [-0.2, 0) is 4.79 Å². The number of carbonyl (C=O) groups excluding carboxylic acids is 2. The summed E-state index contributed by atoms with van der Waals surface area (Å²) in [4.78, 5) is 25.9. The van der Waals surface area contributed by atoms with Gasteiger partial charge in [0.25, 0.3) is 5.91 Å². The first-order chi connectivity index (χ1) is 14.8. The van der Waals surface area contributed by atoms with Gasteiger partial charge in [0.2, 0.25) is 5.91 Å². The number of anilines is 2. The molecule has 0 radical (unpaired) electrons. The number of nitrogens with one attached hydrogen (secondary N) is 2. The van der Waals surface area contributed by atoms with Crippen molar-refractivity contribution in [1.82, 2.24) is 5.32 Å². The molecule has 0 aliphatic rings. The van der Waals surface area contributed by atoms with Crippen molar-refractivity contribution in [2.24, 2.45) is 0 Å². The van der Waals surface area contributed by atoms with E-state index in [4.69, 9.17) is 17.0 Å². The minimum absolute atomic E-state index is 0.0788. The van der Waals surface area contributed by atoms with Gasteiger partial charge >= 0.3 is 0 Å². The predicted molar refractivity (Wildman–Crippen MR) is 133 cm³/mol. The Hall–Kier alpha value is -2.45. The first-order valence-electron chi connectivity index (χ1n) is 10.2. The summed E-state index contributed by atoms with van der Waals surface area (Å²) in [5.41, 5.74) is 1.79. The number of rotatable bonds is 9. The van der Waals surface area contributed by atoms with Crippen LogP contribution in [0.15, 0.2) is 46.9 Å². The lowest BCUT2D eigenvalue weighted by Gasteiger charge is -2.17. The fourth-order valence-corrected chi connectivity index (χ4v) is 3.40. The molecule has 2 N–H and O–H groups in total. The molecule has 0 saturated heterocycles. The van der Waals surface area contributed by atoms with E-state index in [0.29, 0.717) is 23.6 Å². The highest BCUT2D eigenvalue weighted by atomic mass is 79.9. The maximum absolute atomic E-state index is 12.8. The van der Waals surface area contributed by atoms with Crippen molar-refractivity contribution in [3.8, 4) is 5.75 Å². The lowest BCUT2D eigenvalue weighted by Crippen LogP contribution is -2.34. The number of amides is 2. The van der Waals surface area contributed by atoms with Crippen LogP contribution in [0.25, 0.3) is 0 Å². The number of halogens is 1. The monoisotopic (exact) mass is 505 g/mol. The molecule has 0 unspecified atom stereocenters. The summed E-state index contributed by atoms with van der Waals surface area (Å²) >= 11 is 8.71. The highest BCUT2D eigenvalue weighted by molar-refractivity contribution is 9.10. The second kappa shape index (κ2) is 12.4. The Morgan fingerprint density at radius 2 is 1.90 bits per heavy atom. The van der Waals surface area contributed by atoms with Crippen molar-refractivity contribution >= 4 is 56.4 Å². The Balaban J connectivity index is 2.03. The molecule has 0 aromatic heterocycles. The summed E-state index contributed by atoms with van der Waals surface area (Å²) < 4.78 is 6.61. The van der Waals surface area contributed by atoms with E-state index in [1.165, 1.54) is 18.2 Å². The molecule has 31 heavy (non-hydrogen) atoms. The van der Waals surface area contributed by atoms with E-state index in [-0.39, 0.29) is 16.9 Å². The minimum Gasteiger partial charge on any atom is -0.493 e. The van der Waals surface area contributed by atoms with E-state index >= 15 is 0 Å².